The van der Waals surface area contributed by atoms with Crippen LogP contribution in [0.3, 0.4) is 0 Å². The van der Waals surface area contributed by atoms with Crippen molar-refractivity contribution in [3.05, 3.63) is 96.1 Å². The van der Waals surface area contributed by atoms with Crippen LogP contribution in [0.1, 0.15) is 11.1 Å². The molecule has 4 heteroatoms. The molecule has 1 N–H and O–H groups in total. The molecule has 0 radical (unpaired) electrons. The number of carbonyl (C=O) groups is 1. The van der Waals surface area contributed by atoms with Crippen molar-refractivity contribution in [2.24, 2.45) is 0 Å². The van der Waals surface area contributed by atoms with Gasteiger partial charge in [0.1, 0.15) is 18.1 Å². The molecule has 0 heterocycles. The number of anilines is 1. The molecular weight excluding hydrogens is 338 g/mol. The fraction of sp³-hybridized carbons (Fsp3) is 0.0870. The van der Waals surface area contributed by atoms with Crippen molar-refractivity contribution in [1.82, 2.24) is 0 Å². The predicted octanol–water partition coefficient (Wildman–Crippen LogP) is 4.65. The number of ether oxygens (including phenoxy) is 1. The highest BCUT2D eigenvalue weighted by molar-refractivity contribution is 6.03. The number of likely N-dealkylation sites (N-methyl/N-ethyl adjacent to an activating group) is 1. The van der Waals surface area contributed by atoms with Crippen molar-refractivity contribution >= 4 is 17.7 Å². The summed E-state index contributed by atoms with van der Waals surface area (Å²) in [6.07, 6.45) is 3.28. The number of benzene rings is 3. The molecule has 3 aromatic carbocycles. The quantitative estimate of drug-likeness (QED) is 0.652. The van der Waals surface area contributed by atoms with Crippen LogP contribution in [-0.2, 0) is 11.4 Å². The Morgan fingerprint density at radius 3 is 2.30 bits per heavy atom. The summed E-state index contributed by atoms with van der Waals surface area (Å²) < 4.78 is 5.76. The summed E-state index contributed by atoms with van der Waals surface area (Å²) in [5, 5.41) is 9.33. The third-order valence-corrected chi connectivity index (χ3v) is 4.11. The lowest BCUT2D eigenvalue weighted by Crippen LogP contribution is -2.23. The maximum atomic E-state index is 12.3. The fourth-order valence-corrected chi connectivity index (χ4v) is 2.50. The largest absolute Gasteiger partial charge is 0.508 e. The summed E-state index contributed by atoms with van der Waals surface area (Å²) >= 11 is 0. The summed E-state index contributed by atoms with van der Waals surface area (Å²) in [6.45, 7) is 0.520. The number of hydrogen-bond donors (Lipinski definition) is 1. The minimum absolute atomic E-state index is 0.148. The van der Waals surface area contributed by atoms with Crippen LogP contribution in [-0.4, -0.2) is 18.1 Å². The number of phenolic OH excluding ortho intramolecular Hbond substituents is 1. The van der Waals surface area contributed by atoms with E-state index in [2.05, 4.69) is 0 Å². The average molecular weight is 359 g/mol. The number of rotatable bonds is 6. The Morgan fingerprint density at radius 1 is 0.963 bits per heavy atom. The Morgan fingerprint density at radius 2 is 1.63 bits per heavy atom. The minimum Gasteiger partial charge on any atom is -0.508 e. The first kappa shape index (κ1) is 18.3. The minimum atomic E-state index is -0.148. The van der Waals surface area contributed by atoms with Gasteiger partial charge in [0.25, 0.3) is 5.91 Å². The van der Waals surface area contributed by atoms with E-state index < -0.39 is 0 Å². The molecule has 0 unspecified atom stereocenters. The molecule has 0 aromatic heterocycles. The smallest absolute Gasteiger partial charge is 0.250 e. The summed E-state index contributed by atoms with van der Waals surface area (Å²) in [5.41, 5.74) is 2.74. The molecule has 0 fully saturated rings. The molecule has 0 saturated carbocycles. The van der Waals surface area contributed by atoms with Gasteiger partial charge in [-0.1, -0.05) is 42.5 Å². The molecule has 136 valence electrons. The monoisotopic (exact) mass is 359 g/mol. The van der Waals surface area contributed by atoms with Gasteiger partial charge in [-0.2, -0.15) is 0 Å². The highest BCUT2D eigenvalue weighted by atomic mass is 16.5. The molecule has 0 aliphatic carbocycles. The topological polar surface area (TPSA) is 49.8 Å². The van der Waals surface area contributed by atoms with Gasteiger partial charge in [0, 0.05) is 18.8 Å². The fourth-order valence-electron chi connectivity index (χ4n) is 2.50. The van der Waals surface area contributed by atoms with Crippen LogP contribution in [0.2, 0.25) is 0 Å². The Hall–Kier alpha value is -3.53. The first-order chi connectivity index (χ1) is 13.1. The molecule has 3 aromatic rings. The van der Waals surface area contributed by atoms with Crippen LogP contribution in [0.5, 0.6) is 11.5 Å². The zero-order chi connectivity index (χ0) is 19.1. The van der Waals surface area contributed by atoms with Gasteiger partial charge in [-0.05, 0) is 53.6 Å². The Bertz CT molecular complexity index is 901. The number of hydrogen-bond acceptors (Lipinski definition) is 3. The van der Waals surface area contributed by atoms with E-state index in [-0.39, 0.29) is 11.7 Å². The summed E-state index contributed by atoms with van der Waals surface area (Å²) in [5.74, 6) is 0.804. The van der Waals surface area contributed by atoms with Gasteiger partial charge in [0.15, 0.2) is 0 Å². The molecule has 0 atom stereocenters. The number of aromatic hydroxyl groups is 1. The Balaban J connectivity index is 1.57. The number of phenols is 1. The molecule has 0 aliphatic heterocycles. The lowest BCUT2D eigenvalue weighted by atomic mass is 10.2. The van der Waals surface area contributed by atoms with E-state index in [9.17, 15) is 9.90 Å². The highest BCUT2D eigenvalue weighted by Crippen LogP contribution is 2.18. The van der Waals surface area contributed by atoms with E-state index in [0.29, 0.717) is 12.3 Å². The first-order valence-corrected chi connectivity index (χ1v) is 8.63. The van der Waals surface area contributed by atoms with Gasteiger partial charge in [-0.3, -0.25) is 4.79 Å². The molecule has 3 rings (SSSR count). The van der Waals surface area contributed by atoms with Crippen LogP contribution in [0.25, 0.3) is 6.08 Å². The highest BCUT2D eigenvalue weighted by Gasteiger charge is 2.07. The zero-order valence-electron chi connectivity index (χ0n) is 15.1. The van der Waals surface area contributed by atoms with Crippen molar-refractivity contribution in [1.29, 1.82) is 0 Å². The average Bonchev–Trinajstić information content (AvgIpc) is 2.72. The second-order valence-electron chi connectivity index (χ2n) is 6.09. The maximum absolute atomic E-state index is 12.3. The standard InChI is InChI=1S/C23H21NO3/c1-24(20-10-12-21(25)13-11-20)23(26)16-9-18-7-14-22(15-8-18)27-17-19-5-3-2-4-6-19/h2-16,25H,17H2,1H3/b16-9+. The second-order valence-corrected chi connectivity index (χ2v) is 6.09. The van der Waals surface area contributed by atoms with Gasteiger partial charge in [-0.25, -0.2) is 0 Å². The molecular formula is C23H21NO3. The van der Waals surface area contributed by atoms with Crippen molar-refractivity contribution in [3.8, 4) is 11.5 Å². The summed E-state index contributed by atoms with van der Waals surface area (Å²) in [4.78, 5) is 13.8. The van der Waals surface area contributed by atoms with E-state index in [0.717, 1.165) is 16.9 Å². The molecule has 0 bridgehead atoms. The van der Waals surface area contributed by atoms with E-state index in [1.165, 1.54) is 11.0 Å². The normalized spacial score (nSPS) is 10.7. The lowest BCUT2D eigenvalue weighted by Gasteiger charge is -2.15. The van der Waals surface area contributed by atoms with Gasteiger partial charge in [-0.15, -0.1) is 0 Å². The lowest BCUT2D eigenvalue weighted by molar-refractivity contribution is -0.113. The number of amides is 1. The molecule has 27 heavy (non-hydrogen) atoms. The number of carbonyl (C=O) groups excluding carboxylic acids is 1. The molecule has 0 spiro atoms. The van der Waals surface area contributed by atoms with Gasteiger partial charge in [0.05, 0.1) is 0 Å². The van der Waals surface area contributed by atoms with Crippen LogP contribution in [0, 0.1) is 0 Å². The first-order valence-electron chi connectivity index (χ1n) is 8.63. The Labute approximate surface area is 159 Å². The molecule has 0 saturated heterocycles. The second kappa shape index (κ2) is 8.72. The zero-order valence-corrected chi connectivity index (χ0v) is 15.1. The van der Waals surface area contributed by atoms with Crippen LogP contribution >= 0.6 is 0 Å². The van der Waals surface area contributed by atoms with Crippen LogP contribution in [0.4, 0.5) is 5.69 Å². The molecule has 4 nitrogen and oxygen atoms in total. The van der Waals surface area contributed by atoms with E-state index in [1.807, 2.05) is 54.6 Å². The van der Waals surface area contributed by atoms with Crippen molar-refractivity contribution in [2.75, 3.05) is 11.9 Å². The van der Waals surface area contributed by atoms with Gasteiger partial charge >= 0.3 is 0 Å². The van der Waals surface area contributed by atoms with Gasteiger partial charge in [0.2, 0.25) is 0 Å². The number of nitrogens with zero attached hydrogens (tertiary/aromatic N) is 1. The SMILES string of the molecule is CN(C(=O)/C=C/c1ccc(OCc2ccccc2)cc1)c1ccc(O)cc1. The van der Waals surface area contributed by atoms with Crippen molar-refractivity contribution < 1.29 is 14.6 Å². The van der Waals surface area contributed by atoms with E-state index in [1.54, 1.807) is 37.4 Å². The summed E-state index contributed by atoms with van der Waals surface area (Å²) in [6, 6.07) is 24.1. The third-order valence-electron chi connectivity index (χ3n) is 4.11. The van der Waals surface area contributed by atoms with Crippen LogP contribution in [0.15, 0.2) is 84.9 Å². The Kier molecular flexibility index (Phi) is 5.90. The van der Waals surface area contributed by atoms with E-state index >= 15 is 0 Å². The summed E-state index contributed by atoms with van der Waals surface area (Å²) in [7, 11) is 1.69. The van der Waals surface area contributed by atoms with E-state index in [4.69, 9.17) is 4.74 Å². The maximum Gasteiger partial charge on any atom is 0.250 e. The predicted molar refractivity (Wildman–Crippen MR) is 108 cm³/mol. The van der Waals surface area contributed by atoms with Crippen LogP contribution < -0.4 is 9.64 Å². The third kappa shape index (κ3) is 5.22. The molecule has 1 amide bonds. The van der Waals surface area contributed by atoms with Crippen molar-refractivity contribution in [3.63, 3.8) is 0 Å². The van der Waals surface area contributed by atoms with Crippen molar-refractivity contribution in [2.45, 2.75) is 6.61 Å². The van der Waals surface area contributed by atoms with Gasteiger partial charge < -0.3 is 14.7 Å². The molecule has 0 aliphatic rings.